The zero-order chi connectivity index (χ0) is 15.5. The fourth-order valence-electron chi connectivity index (χ4n) is 2.64. The smallest absolute Gasteiger partial charge is 0.315 e. The molecule has 110 valence electrons. The number of aryl methyl sites for hydroxylation is 1. The van der Waals surface area contributed by atoms with Gasteiger partial charge in [0.2, 0.25) is 0 Å². The lowest BCUT2D eigenvalue weighted by Crippen LogP contribution is -2.43. The van der Waals surface area contributed by atoms with E-state index in [1.807, 2.05) is 73.5 Å². The molecule has 21 heavy (non-hydrogen) atoms. The van der Waals surface area contributed by atoms with Crippen LogP contribution in [0.3, 0.4) is 0 Å². The van der Waals surface area contributed by atoms with E-state index < -0.39 is 11.4 Å². The van der Waals surface area contributed by atoms with E-state index in [1.54, 1.807) is 6.92 Å². The van der Waals surface area contributed by atoms with Gasteiger partial charge in [0.25, 0.3) is 0 Å². The van der Waals surface area contributed by atoms with Crippen molar-refractivity contribution in [1.29, 1.82) is 0 Å². The molecule has 0 fully saturated rings. The third kappa shape index (κ3) is 3.07. The van der Waals surface area contributed by atoms with Gasteiger partial charge in [-0.1, -0.05) is 48.5 Å². The van der Waals surface area contributed by atoms with Crippen LogP contribution in [0.25, 0.3) is 0 Å². The van der Waals surface area contributed by atoms with Crippen molar-refractivity contribution >= 4 is 11.7 Å². The van der Waals surface area contributed by atoms with Crippen LogP contribution >= 0.6 is 0 Å². The van der Waals surface area contributed by atoms with Crippen molar-refractivity contribution in [3.05, 3.63) is 65.7 Å². The van der Waals surface area contributed by atoms with Crippen LogP contribution in [0, 0.1) is 6.92 Å². The fourth-order valence-corrected chi connectivity index (χ4v) is 2.64. The summed E-state index contributed by atoms with van der Waals surface area (Å²) in [6.07, 6.45) is 0. The van der Waals surface area contributed by atoms with Crippen LogP contribution in [0.4, 0.5) is 5.69 Å². The van der Waals surface area contributed by atoms with Gasteiger partial charge in [0, 0.05) is 19.3 Å². The van der Waals surface area contributed by atoms with Crippen molar-refractivity contribution in [3.8, 4) is 0 Å². The summed E-state index contributed by atoms with van der Waals surface area (Å²) in [5, 5.41) is 9.72. The second-order valence-corrected chi connectivity index (χ2v) is 5.65. The number of carbonyl (C=O) groups is 1. The Hall–Kier alpha value is -2.29. The minimum Gasteiger partial charge on any atom is -0.481 e. The van der Waals surface area contributed by atoms with Gasteiger partial charge in [-0.25, -0.2) is 0 Å². The van der Waals surface area contributed by atoms with Crippen LogP contribution < -0.4 is 4.90 Å². The number of likely N-dealkylation sites (N-methyl/N-ethyl adjacent to an activating group) is 1. The molecule has 2 aromatic carbocycles. The maximum atomic E-state index is 11.8. The highest BCUT2D eigenvalue weighted by Crippen LogP contribution is 2.28. The van der Waals surface area contributed by atoms with Crippen molar-refractivity contribution in [2.75, 3.05) is 18.5 Å². The Balaban J connectivity index is 2.33. The average Bonchev–Trinajstić information content (AvgIpc) is 2.48. The average molecular weight is 283 g/mol. The van der Waals surface area contributed by atoms with E-state index in [0.717, 1.165) is 16.8 Å². The highest BCUT2D eigenvalue weighted by atomic mass is 16.4. The first-order valence-corrected chi connectivity index (χ1v) is 7.01. The van der Waals surface area contributed by atoms with Gasteiger partial charge >= 0.3 is 5.97 Å². The Morgan fingerprint density at radius 1 is 1.10 bits per heavy atom. The second kappa shape index (κ2) is 6.00. The number of aliphatic carboxylic acids is 1. The summed E-state index contributed by atoms with van der Waals surface area (Å²) in [5.41, 5.74) is 2.07. The molecule has 3 nitrogen and oxygen atoms in total. The third-order valence-electron chi connectivity index (χ3n) is 3.96. The summed E-state index contributed by atoms with van der Waals surface area (Å²) in [6, 6.07) is 17.4. The number of hydrogen-bond acceptors (Lipinski definition) is 2. The molecule has 0 saturated carbocycles. The Labute approximate surface area is 125 Å². The first kappa shape index (κ1) is 15.1. The molecular weight excluding hydrogens is 262 g/mol. The molecule has 2 aromatic rings. The van der Waals surface area contributed by atoms with Crippen LogP contribution in [0.2, 0.25) is 0 Å². The van der Waals surface area contributed by atoms with Crippen LogP contribution in [0.1, 0.15) is 18.1 Å². The number of benzene rings is 2. The molecule has 3 heteroatoms. The van der Waals surface area contributed by atoms with Crippen molar-refractivity contribution in [3.63, 3.8) is 0 Å². The lowest BCUT2D eigenvalue weighted by atomic mass is 9.82. The summed E-state index contributed by atoms with van der Waals surface area (Å²) in [4.78, 5) is 13.9. The van der Waals surface area contributed by atoms with Crippen molar-refractivity contribution in [2.24, 2.45) is 0 Å². The number of rotatable bonds is 5. The summed E-state index contributed by atoms with van der Waals surface area (Å²) in [7, 11) is 1.94. The quantitative estimate of drug-likeness (QED) is 0.913. The molecule has 0 radical (unpaired) electrons. The highest BCUT2D eigenvalue weighted by Gasteiger charge is 2.36. The van der Waals surface area contributed by atoms with Gasteiger partial charge in [-0.15, -0.1) is 0 Å². The van der Waals surface area contributed by atoms with Gasteiger partial charge in [-0.05, 0) is 31.0 Å². The third-order valence-corrected chi connectivity index (χ3v) is 3.96. The molecule has 0 heterocycles. The number of hydrogen-bond donors (Lipinski definition) is 1. The normalized spacial score (nSPS) is 13.5. The summed E-state index contributed by atoms with van der Waals surface area (Å²) in [6.45, 7) is 4.23. The molecule has 0 aliphatic carbocycles. The molecule has 1 N–H and O–H groups in total. The number of carboxylic acid groups (broad SMARTS) is 1. The zero-order valence-corrected chi connectivity index (χ0v) is 12.7. The Morgan fingerprint density at radius 2 is 1.67 bits per heavy atom. The van der Waals surface area contributed by atoms with E-state index in [0.29, 0.717) is 6.54 Å². The van der Waals surface area contributed by atoms with Gasteiger partial charge in [0.15, 0.2) is 0 Å². The van der Waals surface area contributed by atoms with Crippen LogP contribution in [0.15, 0.2) is 54.6 Å². The maximum Gasteiger partial charge on any atom is 0.315 e. The molecule has 0 amide bonds. The summed E-state index contributed by atoms with van der Waals surface area (Å²) < 4.78 is 0. The van der Waals surface area contributed by atoms with E-state index in [4.69, 9.17) is 0 Å². The predicted molar refractivity (Wildman–Crippen MR) is 85.9 cm³/mol. The summed E-state index contributed by atoms with van der Waals surface area (Å²) in [5.74, 6) is -0.811. The second-order valence-electron chi connectivity index (χ2n) is 5.65. The molecule has 0 spiro atoms. The molecule has 2 rings (SSSR count). The first-order chi connectivity index (χ1) is 9.95. The molecule has 1 atom stereocenters. The van der Waals surface area contributed by atoms with Crippen LogP contribution in [-0.4, -0.2) is 24.7 Å². The number of para-hydroxylation sites is 1. The molecule has 0 aromatic heterocycles. The maximum absolute atomic E-state index is 11.8. The van der Waals surface area contributed by atoms with Crippen molar-refractivity contribution in [2.45, 2.75) is 19.3 Å². The highest BCUT2D eigenvalue weighted by molar-refractivity contribution is 5.82. The van der Waals surface area contributed by atoms with Crippen LogP contribution in [0.5, 0.6) is 0 Å². The lowest BCUT2D eigenvalue weighted by molar-refractivity contribution is -0.142. The zero-order valence-electron chi connectivity index (χ0n) is 12.7. The Kier molecular flexibility index (Phi) is 4.32. The molecule has 0 aliphatic heterocycles. The van der Waals surface area contributed by atoms with Gasteiger partial charge < -0.3 is 10.0 Å². The van der Waals surface area contributed by atoms with Crippen LogP contribution in [-0.2, 0) is 10.2 Å². The molecule has 0 aliphatic rings. The van der Waals surface area contributed by atoms with Gasteiger partial charge in [0.1, 0.15) is 5.41 Å². The van der Waals surface area contributed by atoms with E-state index in [9.17, 15) is 9.90 Å². The van der Waals surface area contributed by atoms with Crippen molar-refractivity contribution < 1.29 is 9.90 Å². The molecule has 0 saturated heterocycles. The Morgan fingerprint density at radius 3 is 2.24 bits per heavy atom. The largest absolute Gasteiger partial charge is 0.481 e. The summed E-state index contributed by atoms with van der Waals surface area (Å²) >= 11 is 0. The molecule has 1 unspecified atom stereocenters. The van der Waals surface area contributed by atoms with E-state index >= 15 is 0 Å². The SMILES string of the molecule is Cc1ccccc1N(C)CC(C)(C(=O)O)c1ccccc1. The topological polar surface area (TPSA) is 40.5 Å². The monoisotopic (exact) mass is 283 g/mol. The van der Waals surface area contributed by atoms with Gasteiger partial charge in [0.05, 0.1) is 0 Å². The minimum atomic E-state index is -0.946. The number of carboxylic acids is 1. The lowest BCUT2D eigenvalue weighted by Gasteiger charge is -2.32. The Bertz CT molecular complexity index is 624. The standard InChI is InChI=1S/C18H21NO2/c1-14-9-7-8-12-16(14)19(3)13-18(2,17(20)21)15-10-5-4-6-11-15/h4-12H,13H2,1-3H3,(H,20,21). The molecule has 0 bridgehead atoms. The van der Waals surface area contributed by atoms with Gasteiger partial charge in [-0.2, -0.15) is 0 Å². The fraction of sp³-hybridized carbons (Fsp3) is 0.278. The number of nitrogens with zero attached hydrogens (tertiary/aromatic N) is 1. The van der Waals surface area contributed by atoms with E-state index in [2.05, 4.69) is 0 Å². The predicted octanol–water partition coefficient (Wildman–Crippen LogP) is 3.47. The van der Waals surface area contributed by atoms with E-state index in [-0.39, 0.29) is 0 Å². The van der Waals surface area contributed by atoms with E-state index in [1.165, 1.54) is 0 Å². The molecular formula is C18H21NO2. The number of anilines is 1. The van der Waals surface area contributed by atoms with Gasteiger partial charge in [-0.3, -0.25) is 4.79 Å². The minimum absolute atomic E-state index is 0.414. The van der Waals surface area contributed by atoms with Crippen molar-refractivity contribution in [1.82, 2.24) is 0 Å². The first-order valence-electron chi connectivity index (χ1n) is 7.01.